The molecule has 4 rings (SSSR count). The van der Waals surface area contributed by atoms with Crippen LogP contribution in [-0.4, -0.2) is 29.7 Å². The minimum absolute atomic E-state index is 0.0981. The molecular weight excluding hydrogens is 354 g/mol. The van der Waals surface area contributed by atoms with Crippen LogP contribution in [0.4, 0.5) is 10.5 Å². The summed E-state index contributed by atoms with van der Waals surface area (Å²) in [5, 5.41) is 2.99. The summed E-state index contributed by atoms with van der Waals surface area (Å²) in [7, 11) is 3.17. The van der Waals surface area contributed by atoms with Gasteiger partial charge in [-0.3, -0.25) is 0 Å². The number of carbonyl (C=O) groups is 1. The van der Waals surface area contributed by atoms with E-state index in [1.165, 1.54) is 0 Å². The van der Waals surface area contributed by atoms with E-state index >= 15 is 0 Å². The van der Waals surface area contributed by atoms with Crippen LogP contribution in [0.25, 0.3) is 5.69 Å². The highest BCUT2D eigenvalue weighted by Gasteiger charge is 2.29. The Balaban J connectivity index is 1.69. The minimum atomic E-state index is -0.191. The van der Waals surface area contributed by atoms with Gasteiger partial charge in [-0.05, 0) is 42.8 Å². The van der Waals surface area contributed by atoms with Gasteiger partial charge >= 0.3 is 6.03 Å². The van der Waals surface area contributed by atoms with Gasteiger partial charge in [-0.25, -0.2) is 4.79 Å². The van der Waals surface area contributed by atoms with Crippen LogP contribution in [0.1, 0.15) is 24.2 Å². The van der Waals surface area contributed by atoms with E-state index in [-0.39, 0.29) is 12.1 Å². The van der Waals surface area contributed by atoms with Crippen molar-refractivity contribution in [1.29, 1.82) is 0 Å². The topological polar surface area (TPSA) is 55.7 Å². The summed E-state index contributed by atoms with van der Waals surface area (Å²) >= 11 is 0. The molecule has 0 aliphatic carbocycles. The Morgan fingerprint density at radius 2 is 1.89 bits per heavy atom. The lowest BCUT2D eigenvalue weighted by Crippen LogP contribution is -2.36. The molecule has 2 heterocycles. The second kappa shape index (κ2) is 7.31. The number of amides is 2. The summed E-state index contributed by atoms with van der Waals surface area (Å²) in [6.07, 6.45) is 2.04. The van der Waals surface area contributed by atoms with Gasteiger partial charge in [-0.2, -0.15) is 0 Å². The summed E-state index contributed by atoms with van der Waals surface area (Å²) in [4.78, 5) is 15.1. The van der Waals surface area contributed by atoms with Gasteiger partial charge in [0.15, 0.2) is 0 Å². The van der Waals surface area contributed by atoms with Crippen LogP contribution < -0.4 is 14.8 Å². The maximum Gasteiger partial charge on any atom is 0.322 e. The Morgan fingerprint density at radius 3 is 2.68 bits per heavy atom. The molecule has 0 saturated carbocycles. The fourth-order valence-corrected chi connectivity index (χ4v) is 3.66. The Kier molecular flexibility index (Phi) is 4.69. The summed E-state index contributed by atoms with van der Waals surface area (Å²) in [5.74, 6) is 1.24. The Morgan fingerprint density at radius 1 is 1.07 bits per heavy atom. The number of nitrogens with zero attached hydrogens (tertiary/aromatic N) is 2. The lowest BCUT2D eigenvalue weighted by Gasteiger charge is -2.28. The number of rotatable bonds is 3. The number of aromatic nitrogens is 1. The maximum absolute atomic E-state index is 13.2. The summed E-state index contributed by atoms with van der Waals surface area (Å²) in [6.45, 7) is 2.55. The molecule has 1 aromatic heterocycles. The highest BCUT2D eigenvalue weighted by molar-refractivity contribution is 5.91. The Bertz CT molecular complexity index is 1010. The van der Waals surface area contributed by atoms with Crippen LogP contribution >= 0.6 is 0 Å². The van der Waals surface area contributed by atoms with Crippen LogP contribution in [-0.2, 0) is 6.54 Å². The number of hydrogen-bond acceptors (Lipinski definition) is 3. The van der Waals surface area contributed by atoms with E-state index in [0.29, 0.717) is 23.7 Å². The fraction of sp³-hybridized carbons (Fsp3) is 0.227. The molecule has 0 spiro atoms. The van der Waals surface area contributed by atoms with E-state index < -0.39 is 0 Å². The first-order valence-electron chi connectivity index (χ1n) is 9.17. The van der Waals surface area contributed by atoms with Crippen molar-refractivity contribution in [2.24, 2.45) is 0 Å². The summed E-state index contributed by atoms with van der Waals surface area (Å²) in [5.41, 5.74) is 3.84. The molecule has 0 fully saturated rings. The zero-order valence-corrected chi connectivity index (χ0v) is 16.2. The molecule has 144 valence electrons. The van der Waals surface area contributed by atoms with Gasteiger partial charge in [0.1, 0.15) is 11.5 Å². The molecule has 2 amide bonds. The Labute approximate surface area is 164 Å². The Hall–Kier alpha value is -3.41. The van der Waals surface area contributed by atoms with Crippen LogP contribution in [0.15, 0.2) is 60.8 Å². The number of para-hydroxylation sites is 1. The SMILES string of the molecule is COc1ccc(OC)c(NC(=O)N2Cc3ccccc3-n3cccc3C2C)c1. The van der Waals surface area contributed by atoms with Gasteiger partial charge in [0, 0.05) is 18.0 Å². The molecule has 2 aromatic carbocycles. The van der Waals surface area contributed by atoms with Crippen LogP contribution in [0.5, 0.6) is 11.5 Å². The van der Waals surface area contributed by atoms with Gasteiger partial charge < -0.3 is 24.3 Å². The van der Waals surface area contributed by atoms with Crippen molar-refractivity contribution in [2.75, 3.05) is 19.5 Å². The van der Waals surface area contributed by atoms with E-state index in [0.717, 1.165) is 16.9 Å². The van der Waals surface area contributed by atoms with Gasteiger partial charge in [0.25, 0.3) is 0 Å². The molecule has 6 heteroatoms. The molecule has 0 bridgehead atoms. The molecule has 1 N–H and O–H groups in total. The zero-order chi connectivity index (χ0) is 19.7. The molecule has 0 radical (unpaired) electrons. The predicted octanol–water partition coefficient (Wildman–Crippen LogP) is 4.60. The molecular formula is C22H23N3O3. The number of ether oxygens (including phenoxy) is 2. The molecule has 1 aliphatic rings. The zero-order valence-electron chi connectivity index (χ0n) is 16.2. The van der Waals surface area contributed by atoms with E-state index in [2.05, 4.69) is 28.1 Å². The van der Waals surface area contributed by atoms with Gasteiger partial charge in [-0.1, -0.05) is 18.2 Å². The van der Waals surface area contributed by atoms with Crippen molar-refractivity contribution < 1.29 is 14.3 Å². The number of hydrogen-bond donors (Lipinski definition) is 1. The number of fused-ring (bicyclic) bond motifs is 3. The average molecular weight is 377 g/mol. The lowest BCUT2D eigenvalue weighted by atomic mass is 10.1. The predicted molar refractivity (Wildman–Crippen MR) is 108 cm³/mol. The standard InChI is InChI=1S/C22H23N3O3/c1-15-19-9-6-12-24(19)20-8-5-4-7-16(20)14-25(15)22(26)23-18-13-17(27-2)10-11-21(18)28-3/h4-13,15H,14H2,1-3H3,(H,23,26). The monoisotopic (exact) mass is 377 g/mol. The number of urea groups is 1. The third-order valence-electron chi connectivity index (χ3n) is 5.18. The molecule has 1 unspecified atom stereocenters. The smallest absolute Gasteiger partial charge is 0.322 e. The van der Waals surface area contributed by atoms with Gasteiger partial charge in [0.2, 0.25) is 0 Å². The van der Waals surface area contributed by atoms with Crippen molar-refractivity contribution in [2.45, 2.75) is 19.5 Å². The first kappa shape index (κ1) is 18.0. The number of methoxy groups -OCH3 is 2. The summed E-state index contributed by atoms with van der Waals surface area (Å²) < 4.78 is 12.8. The maximum atomic E-state index is 13.2. The molecule has 3 aromatic rings. The van der Waals surface area contributed by atoms with E-state index in [1.54, 1.807) is 32.4 Å². The normalized spacial score (nSPS) is 15.2. The molecule has 1 aliphatic heterocycles. The van der Waals surface area contributed by atoms with Crippen molar-refractivity contribution in [3.63, 3.8) is 0 Å². The number of anilines is 1. The molecule has 6 nitrogen and oxygen atoms in total. The van der Waals surface area contributed by atoms with Crippen molar-refractivity contribution in [3.05, 3.63) is 72.1 Å². The lowest BCUT2D eigenvalue weighted by molar-refractivity contribution is 0.189. The van der Waals surface area contributed by atoms with E-state index in [4.69, 9.17) is 9.47 Å². The van der Waals surface area contributed by atoms with Crippen LogP contribution in [0, 0.1) is 0 Å². The third-order valence-corrected chi connectivity index (χ3v) is 5.18. The fourth-order valence-electron chi connectivity index (χ4n) is 3.66. The largest absolute Gasteiger partial charge is 0.497 e. The summed E-state index contributed by atoms with van der Waals surface area (Å²) in [6, 6.07) is 17.3. The average Bonchev–Trinajstić information content (AvgIpc) is 3.17. The van der Waals surface area contributed by atoms with Crippen LogP contribution in [0.3, 0.4) is 0 Å². The van der Waals surface area contributed by atoms with Gasteiger partial charge in [-0.15, -0.1) is 0 Å². The quantitative estimate of drug-likeness (QED) is 0.726. The molecule has 28 heavy (non-hydrogen) atoms. The molecule has 1 atom stereocenters. The highest BCUT2D eigenvalue weighted by Crippen LogP contribution is 2.34. The highest BCUT2D eigenvalue weighted by atomic mass is 16.5. The number of nitrogens with one attached hydrogen (secondary N) is 1. The second-order valence-corrected chi connectivity index (χ2v) is 6.73. The van der Waals surface area contributed by atoms with Gasteiger partial charge in [0.05, 0.1) is 38.2 Å². The second-order valence-electron chi connectivity index (χ2n) is 6.73. The van der Waals surface area contributed by atoms with Crippen LogP contribution in [0.2, 0.25) is 0 Å². The third kappa shape index (κ3) is 3.07. The van der Waals surface area contributed by atoms with Crippen molar-refractivity contribution in [3.8, 4) is 17.2 Å². The van der Waals surface area contributed by atoms with E-state index in [9.17, 15) is 4.79 Å². The first-order chi connectivity index (χ1) is 13.6. The minimum Gasteiger partial charge on any atom is -0.497 e. The molecule has 0 saturated heterocycles. The number of carbonyl (C=O) groups excluding carboxylic acids is 1. The number of benzene rings is 2. The van der Waals surface area contributed by atoms with E-state index in [1.807, 2.05) is 36.2 Å². The van der Waals surface area contributed by atoms with Crippen molar-refractivity contribution in [1.82, 2.24) is 9.47 Å². The first-order valence-corrected chi connectivity index (χ1v) is 9.17. The van der Waals surface area contributed by atoms with Crippen molar-refractivity contribution >= 4 is 11.7 Å².